The van der Waals surface area contributed by atoms with Crippen LogP contribution in [0.5, 0.6) is 0 Å². The van der Waals surface area contributed by atoms with Crippen LogP contribution in [0, 0.1) is 23.3 Å². The molecule has 1 atom stereocenters. The van der Waals surface area contributed by atoms with Crippen LogP contribution in [0.1, 0.15) is 17.2 Å². The van der Waals surface area contributed by atoms with E-state index in [-0.39, 0.29) is 11.1 Å². The predicted octanol–water partition coefficient (Wildman–Crippen LogP) is 3.99. The van der Waals surface area contributed by atoms with Gasteiger partial charge in [-0.15, -0.1) is 0 Å². The summed E-state index contributed by atoms with van der Waals surface area (Å²) in [6.45, 7) is 0. The lowest BCUT2D eigenvalue weighted by atomic mass is 10.1. The maximum Gasteiger partial charge on any atom is 0.126 e. The third-order valence-electron chi connectivity index (χ3n) is 2.58. The molecule has 20 heavy (non-hydrogen) atoms. The van der Waals surface area contributed by atoms with Gasteiger partial charge in [0.25, 0.3) is 0 Å². The van der Waals surface area contributed by atoms with Gasteiger partial charge in [-0.3, -0.25) is 0 Å². The first-order valence-corrected chi connectivity index (χ1v) is 5.72. The van der Waals surface area contributed by atoms with E-state index in [0.717, 1.165) is 30.3 Å². The van der Waals surface area contributed by atoms with Crippen LogP contribution in [-0.4, -0.2) is 5.11 Å². The van der Waals surface area contributed by atoms with Crippen LogP contribution in [0.25, 0.3) is 6.08 Å². The Morgan fingerprint density at radius 3 is 1.70 bits per heavy atom. The van der Waals surface area contributed by atoms with Gasteiger partial charge < -0.3 is 5.11 Å². The second kappa shape index (κ2) is 5.88. The second-order valence-electron chi connectivity index (χ2n) is 4.21. The highest BCUT2D eigenvalue weighted by Crippen LogP contribution is 2.19. The summed E-state index contributed by atoms with van der Waals surface area (Å²) in [7, 11) is 0. The van der Waals surface area contributed by atoms with Crippen molar-refractivity contribution in [3.05, 3.63) is 76.9 Å². The van der Waals surface area contributed by atoms with Gasteiger partial charge in [0, 0.05) is 12.1 Å². The Balaban J connectivity index is 2.21. The molecule has 0 bridgehead atoms. The molecule has 1 unspecified atom stereocenters. The predicted molar refractivity (Wildman–Crippen MR) is 66.7 cm³/mol. The van der Waals surface area contributed by atoms with Crippen LogP contribution >= 0.6 is 0 Å². The van der Waals surface area contributed by atoms with Gasteiger partial charge in [-0.25, -0.2) is 17.6 Å². The summed E-state index contributed by atoms with van der Waals surface area (Å²) in [5.41, 5.74) is 0.203. The van der Waals surface area contributed by atoms with Crippen molar-refractivity contribution >= 4 is 6.08 Å². The molecule has 0 spiro atoms. The molecule has 2 aromatic rings. The normalized spacial score (nSPS) is 12.8. The Kier molecular flexibility index (Phi) is 4.20. The van der Waals surface area contributed by atoms with Gasteiger partial charge >= 0.3 is 0 Å². The third kappa shape index (κ3) is 3.68. The molecular weight excluding hydrogens is 272 g/mol. The Hall–Kier alpha value is -2.14. The first-order chi connectivity index (χ1) is 9.44. The van der Waals surface area contributed by atoms with E-state index in [0.29, 0.717) is 6.07 Å². The minimum atomic E-state index is -1.29. The average molecular weight is 282 g/mol. The minimum absolute atomic E-state index is 0.00984. The lowest BCUT2D eigenvalue weighted by molar-refractivity contribution is 0.228. The van der Waals surface area contributed by atoms with Crippen molar-refractivity contribution in [3.8, 4) is 0 Å². The smallest absolute Gasteiger partial charge is 0.126 e. The number of benzene rings is 2. The van der Waals surface area contributed by atoms with E-state index >= 15 is 0 Å². The maximum absolute atomic E-state index is 13.0. The number of aliphatic hydroxyl groups excluding tert-OH is 1. The van der Waals surface area contributed by atoms with E-state index < -0.39 is 29.4 Å². The van der Waals surface area contributed by atoms with Gasteiger partial charge in [-0.2, -0.15) is 0 Å². The fourth-order valence-corrected chi connectivity index (χ4v) is 1.73. The SMILES string of the molecule is OC(/C=C/c1cc(F)cc(F)c1)c1cc(F)cc(F)c1. The summed E-state index contributed by atoms with van der Waals surface area (Å²) < 4.78 is 51.9. The van der Waals surface area contributed by atoms with E-state index in [4.69, 9.17) is 0 Å². The number of aliphatic hydroxyl groups is 1. The third-order valence-corrected chi connectivity index (χ3v) is 2.58. The monoisotopic (exact) mass is 282 g/mol. The molecular formula is C15H10F4O. The fraction of sp³-hybridized carbons (Fsp3) is 0.0667. The average Bonchev–Trinajstić information content (AvgIpc) is 2.33. The van der Waals surface area contributed by atoms with Crippen LogP contribution in [-0.2, 0) is 0 Å². The lowest BCUT2D eigenvalue weighted by Gasteiger charge is -2.06. The highest BCUT2D eigenvalue weighted by atomic mass is 19.1. The van der Waals surface area contributed by atoms with E-state index in [1.165, 1.54) is 12.2 Å². The van der Waals surface area contributed by atoms with Crippen LogP contribution in [0.15, 0.2) is 42.5 Å². The Bertz CT molecular complexity index is 612. The van der Waals surface area contributed by atoms with Crippen molar-refractivity contribution in [1.29, 1.82) is 0 Å². The van der Waals surface area contributed by atoms with E-state index in [2.05, 4.69) is 0 Å². The zero-order valence-corrected chi connectivity index (χ0v) is 10.2. The zero-order valence-electron chi connectivity index (χ0n) is 10.2. The lowest BCUT2D eigenvalue weighted by Crippen LogP contribution is -1.95. The van der Waals surface area contributed by atoms with Gasteiger partial charge in [0.05, 0.1) is 6.10 Å². The Morgan fingerprint density at radius 1 is 0.750 bits per heavy atom. The summed E-state index contributed by atoms with van der Waals surface area (Å²) in [4.78, 5) is 0. The Labute approximate surface area is 112 Å². The molecule has 0 aliphatic carbocycles. The van der Waals surface area contributed by atoms with Crippen molar-refractivity contribution in [1.82, 2.24) is 0 Å². The maximum atomic E-state index is 13.0. The van der Waals surface area contributed by atoms with Crippen LogP contribution in [0.3, 0.4) is 0 Å². The molecule has 0 aliphatic heterocycles. The van der Waals surface area contributed by atoms with Crippen molar-refractivity contribution in [3.63, 3.8) is 0 Å². The molecule has 0 aliphatic rings. The van der Waals surface area contributed by atoms with Gasteiger partial charge in [0.15, 0.2) is 0 Å². The number of halogens is 4. The van der Waals surface area contributed by atoms with Crippen molar-refractivity contribution < 1.29 is 22.7 Å². The van der Waals surface area contributed by atoms with E-state index in [9.17, 15) is 22.7 Å². The molecule has 0 aromatic heterocycles. The molecule has 2 rings (SSSR count). The summed E-state index contributed by atoms with van der Waals surface area (Å²) in [6.07, 6.45) is 1.16. The zero-order chi connectivity index (χ0) is 14.7. The summed E-state index contributed by atoms with van der Waals surface area (Å²) in [5.74, 6) is -3.14. The largest absolute Gasteiger partial charge is 0.384 e. The second-order valence-corrected chi connectivity index (χ2v) is 4.21. The molecule has 0 amide bonds. The quantitative estimate of drug-likeness (QED) is 0.844. The van der Waals surface area contributed by atoms with Gasteiger partial charge in [0.1, 0.15) is 23.3 Å². The molecule has 1 nitrogen and oxygen atoms in total. The summed E-state index contributed by atoms with van der Waals surface area (Å²) >= 11 is 0. The fourth-order valence-electron chi connectivity index (χ4n) is 1.73. The summed E-state index contributed by atoms with van der Waals surface area (Å²) in [5, 5.41) is 9.76. The highest BCUT2D eigenvalue weighted by molar-refractivity contribution is 5.50. The van der Waals surface area contributed by atoms with Crippen molar-refractivity contribution in [2.75, 3.05) is 0 Å². The molecule has 5 heteroatoms. The van der Waals surface area contributed by atoms with Crippen LogP contribution in [0.2, 0.25) is 0 Å². The standard InChI is InChI=1S/C15H10F4O/c16-11-3-9(4-12(17)7-11)1-2-15(20)10-5-13(18)8-14(19)6-10/h1-8,15,20H/b2-1+. The van der Waals surface area contributed by atoms with Crippen molar-refractivity contribution in [2.45, 2.75) is 6.10 Å². The first-order valence-electron chi connectivity index (χ1n) is 5.72. The van der Waals surface area contributed by atoms with Crippen LogP contribution in [0.4, 0.5) is 17.6 Å². The van der Waals surface area contributed by atoms with E-state index in [1.807, 2.05) is 0 Å². The summed E-state index contributed by atoms with van der Waals surface area (Å²) in [6, 6.07) is 5.49. The molecule has 0 heterocycles. The molecule has 0 saturated carbocycles. The molecule has 1 N–H and O–H groups in total. The number of hydrogen-bond acceptors (Lipinski definition) is 1. The molecule has 0 saturated heterocycles. The highest BCUT2D eigenvalue weighted by Gasteiger charge is 2.07. The first kappa shape index (κ1) is 14.3. The van der Waals surface area contributed by atoms with Gasteiger partial charge in [0.2, 0.25) is 0 Å². The van der Waals surface area contributed by atoms with Gasteiger partial charge in [-0.05, 0) is 35.4 Å². The number of hydrogen-bond donors (Lipinski definition) is 1. The molecule has 104 valence electrons. The molecule has 2 aromatic carbocycles. The van der Waals surface area contributed by atoms with Gasteiger partial charge in [-0.1, -0.05) is 12.2 Å². The number of rotatable bonds is 3. The van der Waals surface area contributed by atoms with Crippen LogP contribution < -0.4 is 0 Å². The van der Waals surface area contributed by atoms with Crippen molar-refractivity contribution in [2.24, 2.45) is 0 Å². The molecule has 0 radical (unpaired) electrons. The minimum Gasteiger partial charge on any atom is -0.384 e. The molecule has 0 fully saturated rings. The van der Waals surface area contributed by atoms with E-state index in [1.54, 1.807) is 0 Å². The Morgan fingerprint density at radius 2 is 1.20 bits per heavy atom. The topological polar surface area (TPSA) is 20.2 Å².